The predicted octanol–water partition coefficient (Wildman–Crippen LogP) is -2.68. The molecule has 0 radical (unpaired) electrons. The summed E-state index contributed by atoms with van der Waals surface area (Å²) in [4.78, 5) is 0. The molecule has 0 atom stereocenters. The van der Waals surface area contributed by atoms with Crippen molar-refractivity contribution in [3.8, 4) is 0 Å². The molecule has 0 rings (SSSR count). The van der Waals surface area contributed by atoms with Crippen LogP contribution in [-0.2, 0) is 24.7 Å². The van der Waals surface area contributed by atoms with Crippen LogP contribution in [0.4, 0.5) is 0 Å². The molecule has 0 aromatic rings. The molecule has 0 amide bonds. The second kappa shape index (κ2) is 1.82. The van der Waals surface area contributed by atoms with Gasteiger partial charge < -0.3 is 0 Å². The summed E-state index contributed by atoms with van der Waals surface area (Å²) in [5.41, 5.74) is 0. The van der Waals surface area contributed by atoms with Crippen LogP contribution >= 0.6 is 0 Å². The average Bonchev–Trinajstić information content (AvgIpc) is 1.35. The Kier molecular flexibility index (Phi) is 1.90. The van der Waals surface area contributed by atoms with Crippen LogP contribution in [0.15, 0.2) is 0 Å². The van der Waals surface area contributed by atoms with Crippen LogP contribution < -0.4 is 4.16 Å². The fourth-order valence-electron chi connectivity index (χ4n) is 0. The van der Waals surface area contributed by atoms with Crippen molar-refractivity contribution in [3.63, 3.8) is 0 Å². The van der Waals surface area contributed by atoms with E-state index in [2.05, 4.69) is 3.48 Å². The van der Waals surface area contributed by atoms with Gasteiger partial charge in [0.2, 0.25) is 0 Å². The van der Waals surface area contributed by atoms with Crippen molar-refractivity contribution in [2.45, 2.75) is 0 Å². The first kappa shape index (κ1) is 6.27. The Morgan fingerprint density at radius 1 is 1.67 bits per heavy atom. The van der Waals surface area contributed by atoms with Crippen LogP contribution in [0.25, 0.3) is 0 Å². The molecule has 0 saturated heterocycles. The van der Waals surface area contributed by atoms with Crippen molar-refractivity contribution in [1.82, 2.24) is 0 Å². The molecule has 0 aliphatic rings. The van der Waals surface area contributed by atoms with Crippen LogP contribution in [0.3, 0.4) is 0 Å². The van der Waals surface area contributed by atoms with Gasteiger partial charge in [0.1, 0.15) is 0 Å². The first-order valence-electron chi connectivity index (χ1n) is 1.07. The third-order valence-corrected chi connectivity index (χ3v) is 2.52. The summed E-state index contributed by atoms with van der Waals surface area (Å²) < 4.78 is 31.6. The van der Waals surface area contributed by atoms with Crippen molar-refractivity contribution in [3.05, 3.63) is 0 Å². The van der Waals surface area contributed by atoms with Crippen molar-refractivity contribution < 1.29 is 28.9 Å². The molecule has 0 saturated carbocycles. The van der Waals surface area contributed by atoms with Gasteiger partial charge in [-0.3, -0.25) is 0 Å². The molecule has 0 N–H and O–H groups in total. The topological polar surface area (TPSA) is 66.4 Å². The molecule has 6 heavy (non-hydrogen) atoms. The third-order valence-electron chi connectivity index (χ3n) is 0.204. The molecule has 0 heterocycles. The van der Waals surface area contributed by atoms with Gasteiger partial charge in [0.25, 0.3) is 0 Å². The normalized spacial score (nSPS) is 12.2. The van der Waals surface area contributed by atoms with E-state index in [1.165, 1.54) is 0 Å². The zero-order valence-corrected chi connectivity index (χ0v) is 6.32. The summed E-state index contributed by atoms with van der Waals surface area (Å²) in [6.07, 6.45) is 0. The van der Waals surface area contributed by atoms with Crippen LogP contribution in [0.2, 0.25) is 0 Å². The quantitative estimate of drug-likeness (QED) is 0.379. The van der Waals surface area contributed by atoms with Crippen molar-refractivity contribution in [2.75, 3.05) is 0 Å². The summed E-state index contributed by atoms with van der Waals surface area (Å²) in [6, 6.07) is 0. The predicted molar refractivity (Wildman–Crippen MR) is 12.4 cm³/mol. The van der Waals surface area contributed by atoms with Gasteiger partial charge >= 0.3 is 39.3 Å². The molecular weight excluding hydrogens is 144 g/mol. The van der Waals surface area contributed by atoms with Gasteiger partial charge in [-0.1, -0.05) is 0 Å². The van der Waals surface area contributed by atoms with E-state index in [1.807, 2.05) is 0 Å². The molecule has 0 aliphatic carbocycles. The SMILES string of the molecule is [O]=[Cr](=[O])([O-])[O][SiH3]. The van der Waals surface area contributed by atoms with Crippen LogP contribution in [0, 0.1) is 0 Å². The summed E-state index contributed by atoms with van der Waals surface area (Å²) in [5, 5.41) is 0. The Morgan fingerprint density at radius 2 is 1.83 bits per heavy atom. The van der Waals surface area contributed by atoms with Gasteiger partial charge in [-0.2, -0.15) is 0 Å². The van der Waals surface area contributed by atoms with Gasteiger partial charge in [0.15, 0.2) is 0 Å². The molecule has 0 fully saturated rings. The van der Waals surface area contributed by atoms with Crippen LogP contribution in [0.5, 0.6) is 0 Å². The van der Waals surface area contributed by atoms with Gasteiger partial charge in [0.05, 0.1) is 0 Å². The molecule has 0 spiro atoms. The average molecular weight is 147 g/mol. The number of rotatable bonds is 1. The van der Waals surface area contributed by atoms with Gasteiger partial charge in [-0.05, 0) is 0 Å². The van der Waals surface area contributed by atoms with Gasteiger partial charge in [-0.15, -0.1) is 0 Å². The monoisotopic (exact) mass is 147 g/mol. The fraction of sp³-hybridized carbons (Fsp3) is 0. The summed E-state index contributed by atoms with van der Waals surface area (Å²) >= 11 is -4.97. The van der Waals surface area contributed by atoms with E-state index in [4.69, 9.17) is 0 Å². The number of hydrogen-bond donors (Lipinski definition) is 0. The first-order chi connectivity index (χ1) is 2.56. The van der Waals surface area contributed by atoms with Gasteiger partial charge in [0, 0.05) is 0 Å². The standard InChI is InChI=1S/Cr.H3OSi.3O/c;1-2;;;/h;2H3;;;/q+1;-1;;;-1. The molecule has 4 nitrogen and oxygen atoms in total. The summed E-state index contributed by atoms with van der Waals surface area (Å²) in [7, 11) is -0.0201. The summed E-state index contributed by atoms with van der Waals surface area (Å²) in [6.45, 7) is 0. The van der Waals surface area contributed by atoms with Crippen molar-refractivity contribution >= 4 is 10.5 Å². The molecule has 0 unspecified atom stereocenters. The van der Waals surface area contributed by atoms with Crippen molar-refractivity contribution in [2.24, 2.45) is 0 Å². The molecule has 0 aliphatic heterocycles. The molecule has 0 aromatic heterocycles. The molecule has 0 bridgehead atoms. The Morgan fingerprint density at radius 3 is 1.83 bits per heavy atom. The maximum atomic E-state index is 9.33. The van der Waals surface area contributed by atoms with Crippen LogP contribution in [0.1, 0.15) is 0 Å². The third kappa shape index (κ3) is 4.27. The second-order valence-corrected chi connectivity index (χ2v) is 3.74. The van der Waals surface area contributed by atoms with E-state index in [-0.39, 0.29) is 10.5 Å². The maximum absolute atomic E-state index is 9.33. The molecular formula is H3CrO4Si-. The van der Waals surface area contributed by atoms with Crippen LogP contribution in [-0.4, -0.2) is 10.5 Å². The molecule has 38 valence electrons. The molecule has 6 heteroatoms. The second-order valence-electron chi connectivity index (χ2n) is 0.575. The summed E-state index contributed by atoms with van der Waals surface area (Å²) in [5.74, 6) is 0. The Bertz CT molecular complexity index is 110. The Labute approximate surface area is 40.0 Å². The minimum atomic E-state index is -4.97. The minimum absolute atomic E-state index is 0.0201. The number of hydrogen-bond acceptors (Lipinski definition) is 4. The van der Waals surface area contributed by atoms with E-state index < -0.39 is 13.6 Å². The zero-order valence-electron chi connectivity index (χ0n) is 3.04. The Balaban J connectivity index is 3.85. The fourth-order valence-corrected chi connectivity index (χ4v) is 0. The van der Waals surface area contributed by atoms with E-state index in [0.717, 1.165) is 0 Å². The first-order valence-corrected chi connectivity index (χ1v) is 3.97. The Hall–Kier alpha value is 0.269. The van der Waals surface area contributed by atoms with Crippen molar-refractivity contribution in [1.29, 1.82) is 0 Å². The molecule has 0 aromatic carbocycles. The van der Waals surface area contributed by atoms with Gasteiger partial charge in [-0.25, -0.2) is 0 Å². The zero-order chi connectivity index (χ0) is 5.21. The van der Waals surface area contributed by atoms with E-state index in [1.54, 1.807) is 0 Å². The van der Waals surface area contributed by atoms with E-state index in [0.29, 0.717) is 0 Å². The van der Waals surface area contributed by atoms with E-state index >= 15 is 0 Å². The van der Waals surface area contributed by atoms with E-state index in [9.17, 15) is 11.8 Å².